The predicted molar refractivity (Wildman–Crippen MR) is 104 cm³/mol. The quantitative estimate of drug-likeness (QED) is 0.536. The molecular formula is C19H33ClO3Si. The van der Waals surface area contributed by atoms with Crippen molar-refractivity contribution in [1.29, 1.82) is 0 Å². The van der Waals surface area contributed by atoms with Crippen LogP contribution in [0, 0.1) is 0 Å². The predicted octanol–water partition coefficient (Wildman–Crippen LogP) is 5.02. The molecular weight excluding hydrogens is 340 g/mol. The summed E-state index contributed by atoms with van der Waals surface area (Å²) in [6, 6.07) is 8.06. The average Bonchev–Trinajstić information content (AvgIpc) is 2.32. The van der Waals surface area contributed by atoms with Crippen LogP contribution in [-0.4, -0.2) is 25.6 Å². The molecule has 0 aliphatic rings. The van der Waals surface area contributed by atoms with Crippen LogP contribution in [0.3, 0.4) is 0 Å². The lowest BCUT2D eigenvalue weighted by Gasteiger charge is -2.43. The first kappa shape index (κ1) is 21.6. The first-order valence-corrected chi connectivity index (χ1v) is 10.7. The minimum Gasteiger partial charge on any atom is -0.365 e. The summed E-state index contributed by atoms with van der Waals surface area (Å²) < 4.78 is 19.5. The third-order valence-electron chi connectivity index (χ3n) is 2.78. The number of halogens is 1. The van der Waals surface area contributed by atoms with Gasteiger partial charge in [0.1, 0.15) is 0 Å². The standard InChI is InChI=1S/C19H33ClO3Si/c1-17(2,3)21-24(22-18(4,5)6,23-19(7,8)9)16-12-10-15(14-20)11-13-16/h10-13H,14H2,1-9H3. The molecule has 138 valence electrons. The lowest BCUT2D eigenvalue weighted by atomic mass is 10.2. The van der Waals surface area contributed by atoms with Gasteiger partial charge in [0.2, 0.25) is 0 Å². The Balaban J connectivity index is 3.47. The second-order valence-corrected chi connectivity index (χ2v) is 11.6. The van der Waals surface area contributed by atoms with Gasteiger partial charge in [0.15, 0.2) is 0 Å². The summed E-state index contributed by atoms with van der Waals surface area (Å²) in [5.41, 5.74) is -0.124. The lowest BCUT2D eigenvalue weighted by molar-refractivity contribution is -0.0655. The highest BCUT2D eigenvalue weighted by atomic mass is 35.5. The van der Waals surface area contributed by atoms with E-state index in [4.69, 9.17) is 24.9 Å². The Kier molecular flexibility index (Phi) is 6.73. The Bertz CT molecular complexity index is 481. The van der Waals surface area contributed by atoms with E-state index < -0.39 is 25.6 Å². The fourth-order valence-corrected chi connectivity index (χ4v) is 5.90. The highest BCUT2D eigenvalue weighted by molar-refractivity contribution is 6.75. The van der Waals surface area contributed by atoms with Crippen LogP contribution in [0.15, 0.2) is 24.3 Å². The fraction of sp³-hybridized carbons (Fsp3) is 0.684. The molecule has 1 aromatic carbocycles. The van der Waals surface area contributed by atoms with Crippen molar-refractivity contribution in [2.45, 2.75) is 85.0 Å². The van der Waals surface area contributed by atoms with Gasteiger partial charge in [0.05, 0.1) is 16.8 Å². The van der Waals surface area contributed by atoms with Gasteiger partial charge in [-0.25, -0.2) is 0 Å². The monoisotopic (exact) mass is 372 g/mol. The van der Waals surface area contributed by atoms with Crippen molar-refractivity contribution in [3.63, 3.8) is 0 Å². The normalized spacial score (nSPS) is 14.1. The number of hydrogen-bond acceptors (Lipinski definition) is 3. The molecule has 1 aromatic rings. The molecule has 1 rings (SSSR count). The Morgan fingerprint density at radius 3 is 1.29 bits per heavy atom. The van der Waals surface area contributed by atoms with E-state index in [1.807, 2.05) is 86.6 Å². The second kappa shape index (κ2) is 7.46. The molecule has 0 aromatic heterocycles. The molecule has 0 aliphatic carbocycles. The van der Waals surface area contributed by atoms with Crippen LogP contribution in [0.1, 0.15) is 67.9 Å². The zero-order valence-corrected chi connectivity index (χ0v) is 18.4. The summed E-state index contributed by atoms with van der Waals surface area (Å²) in [4.78, 5) is 0. The molecule has 0 fully saturated rings. The van der Waals surface area contributed by atoms with Crippen LogP contribution in [0.5, 0.6) is 0 Å². The molecule has 3 nitrogen and oxygen atoms in total. The van der Waals surface area contributed by atoms with Crippen molar-refractivity contribution < 1.29 is 13.3 Å². The van der Waals surface area contributed by atoms with E-state index in [1.165, 1.54) is 0 Å². The van der Waals surface area contributed by atoms with Crippen LogP contribution >= 0.6 is 11.6 Å². The van der Waals surface area contributed by atoms with Crippen molar-refractivity contribution in [2.24, 2.45) is 0 Å². The molecule has 24 heavy (non-hydrogen) atoms. The number of benzene rings is 1. The van der Waals surface area contributed by atoms with E-state index in [-0.39, 0.29) is 0 Å². The zero-order chi connectivity index (χ0) is 18.8. The van der Waals surface area contributed by atoms with Crippen molar-refractivity contribution >= 4 is 25.6 Å². The molecule has 0 radical (unpaired) electrons. The fourth-order valence-electron chi connectivity index (χ4n) is 2.25. The average molecular weight is 373 g/mol. The van der Waals surface area contributed by atoms with Crippen LogP contribution in [0.2, 0.25) is 0 Å². The summed E-state index contributed by atoms with van der Waals surface area (Å²) in [6.45, 7) is 18.2. The van der Waals surface area contributed by atoms with E-state index >= 15 is 0 Å². The highest BCUT2D eigenvalue weighted by Crippen LogP contribution is 2.29. The van der Waals surface area contributed by atoms with Gasteiger partial charge < -0.3 is 13.3 Å². The third-order valence-corrected chi connectivity index (χ3v) is 6.78. The van der Waals surface area contributed by atoms with Crippen LogP contribution in [0.25, 0.3) is 0 Å². The van der Waals surface area contributed by atoms with Crippen LogP contribution in [-0.2, 0) is 19.2 Å². The first-order chi connectivity index (χ1) is 10.7. The van der Waals surface area contributed by atoms with Gasteiger partial charge in [-0.2, -0.15) is 0 Å². The number of rotatable bonds is 5. The molecule has 0 bridgehead atoms. The Morgan fingerprint density at radius 2 is 1.04 bits per heavy atom. The summed E-state index contributed by atoms with van der Waals surface area (Å²) >= 11 is 5.93. The number of alkyl halides is 1. The molecule has 0 N–H and O–H groups in total. The van der Waals surface area contributed by atoms with E-state index in [2.05, 4.69) is 0 Å². The van der Waals surface area contributed by atoms with Gasteiger partial charge in [0, 0.05) is 11.1 Å². The van der Waals surface area contributed by atoms with Gasteiger partial charge >= 0.3 is 8.80 Å². The SMILES string of the molecule is CC(C)(C)O[Si](OC(C)(C)C)(OC(C)(C)C)c1ccc(CCl)cc1. The van der Waals surface area contributed by atoms with Gasteiger partial charge in [-0.05, 0) is 67.9 Å². The summed E-state index contributed by atoms with van der Waals surface area (Å²) in [6.07, 6.45) is 0. The van der Waals surface area contributed by atoms with Gasteiger partial charge in [-0.3, -0.25) is 0 Å². The molecule has 0 spiro atoms. The highest BCUT2D eigenvalue weighted by Gasteiger charge is 2.52. The van der Waals surface area contributed by atoms with Crippen molar-refractivity contribution in [2.75, 3.05) is 0 Å². The Labute approximate surface area is 154 Å². The molecule has 0 amide bonds. The molecule has 0 heterocycles. The maximum absolute atomic E-state index is 6.50. The Hall–Kier alpha value is -0.393. The molecule has 0 saturated heterocycles. The van der Waals surface area contributed by atoms with Gasteiger partial charge in [-0.1, -0.05) is 24.3 Å². The lowest BCUT2D eigenvalue weighted by Crippen LogP contribution is -2.64. The molecule has 0 aliphatic heterocycles. The van der Waals surface area contributed by atoms with Crippen LogP contribution in [0.4, 0.5) is 0 Å². The topological polar surface area (TPSA) is 27.7 Å². The largest absolute Gasteiger partial charge is 0.538 e. The number of hydrogen-bond donors (Lipinski definition) is 0. The minimum absolute atomic E-state index is 0.395. The van der Waals surface area contributed by atoms with E-state index in [1.54, 1.807) is 0 Å². The van der Waals surface area contributed by atoms with Crippen molar-refractivity contribution in [3.8, 4) is 0 Å². The van der Waals surface area contributed by atoms with Gasteiger partial charge in [-0.15, -0.1) is 11.6 Å². The maximum atomic E-state index is 6.50. The van der Waals surface area contributed by atoms with E-state index in [0.717, 1.165) is 10.8 Å². The Morgan fingerprint density at radius 1 is 0.708 bits per heavy atom. The summed E-state index contributed by atoms with van der Waals surface area (Å²) in [5, 5.41) is 0.955. The smallest absolute Gasteiger partial charge is 0.365 e. The minimum atomic E-state index is -3.16. The molecule has 0 unspecified atom stereocenters. The van der Waals surface area contributed by atoms with Crippen LogP contribution < -0.4 is 5.19 Å². The van der Waals surface area contributed by atoms with Crippen molar-refractivity contribution in [3.05, 3.63) is 29.8 Å². The molecule has 0 atom stereocenters. The first-order valence-electron chi connectivity index (χ1n) is 8.42. The molecule has 0 saturated carbocycles. The summed E-state index contributed by atoms with van der Waals surface area (Å²) in [5.74, 6) is 0.481. The van der Waals surface area contributed by atoms with Gasteiger partial charge in [0.25, 0.3) is 0 Å². The zero-order valence-electron chi connectivity index (χ0n) is 16.6. The second-order valence-electron chi connectivity index (χ2n) is 9.03. The maximum Gasteiger partial charge on any atom is 0.538 e. The van der Waals surface area contributed by atoms with E-state index in [9.17, 15) is 0 Å². The third kappa shape index (κ3) is 7.24. The molecule has 5 heteroatoms. The van der Waals surface area contributed by atoms with E-state index in [0.29, 0.717) is 5.88 Å². The summed E-state index contributed by atoms with van der Waals surface area (Å²) in [7, 11) is -3.16. The van der Waals surface area contributed by atoms with Crippen molar-refractivity contribution in [1.82, 2.24) is 0 Å².